The molecule has 1 aliphatic rings. The molecule has 0 saturated carbocycles. The molecule has 0 aromatic heterocycles. The molecule has 0 bridgehead atoms. The topological polar surface area (TPSA) is 67.6 Å². The highest BCUT2D eigenvalue weighted by Gasteiger charge is 2.22. The Bertz CT molecular complexity index is 442. The third kappa shape index (κ3) is 3.87. The molecule has 0 atom stereocenters. The van der Waals surface area contributed by atoms with Crippen molar-refractivity contribution in [1.29, 1.82) is 0 Å². The number of benzene rings is 1. The van der Waals surface area contributed by atoms with E-state index in [1.54, 1.807) is 7.11 Å². The molecule has 1 aliphatic heterocycles. The van der Waals surface area contributed by atoms with Crippen LogP contribution in [0.4, 0.5) is 10.5 Å². The predicted molar refractivity (Wildman–Crippen MR) is 80.0 cm³/mol. The molecule has 1 aromatic rings. The van der Waals surface area contributed by atoms with Crippen molar-refractivity contribution in [3.05, 3.63) is 24.3 Å². The van der Waals surface area contributed by atoms with Gasteiger partial charge in [0.2, 0.25) is 0 Å². The fourth-order valence-corrected chi connectivity index (χ4v) is 2.56. The van der Waals surface area contributed by atoms with Crippen LogP contribution >= 0.6 is 0 Å². The lowest BCUT2D eigenvalue weighted by Gasteiger charge is -2.31. The number of nitrogens with two attached hydrogens (primary N) is 1. The second kappa shape index (κ2) is 7.14. The minimum atomic E-state index is -0.0375. The van der Waals surface area contributed by atoms with Gasteiger partial charge in [0, 0.05) is 24.8 Å². The summed E-state index contributed by atoms with van der Waals surface area (Å²) in [5.74, 6) is 1.41. The van der Waals surface area contributed by atoms with Gasteiger partial charge in [0.15, 0.2) is 0 Å². The van der Waals surface area contributed by atoms with Crippen molar-refractivity contribution in [2.75, 3.05) is 32.1 Å². The molecule has 0 unspecified atom stereocenters. The highest BCUT2D eigenvalue weighted by atomic mass is 16.5. The van der Waals surface area contributed by atoms with Crippen molar-refractivity contribution in [3.63, 3.8) is 0 Å². The smallest absolute Gasteiger partial charge is 0.321 e. The maximum Gasteiger partial charge on any atom is 0.321 e. The summed E-state index contributed by atoms with van der Waals surface area (Å²) < 4.78 is 5.15. The molecule has 110 valence electrons. The molecule has 3 N–H and O–H groups in total. The second-order valence-corrected chi connectivity index (χ2v) is 5.17. The Morgan fingerprint density at radius 2 is 2.20 bits per heavy atom. The number of hydrogen-bond donors (Lipinski definition) is 2. The Labute approximate surface area is 120 Å². The third-order valence-corrected chi connectivity index (χ3v) is 3.80. The van der Waals surface area contributed by atoms with E-state index in [2.05, 4.69) is 5.32 Å². The van der Waals surface area contributed by atoms with Gasteiger partial charge in [0.25, 0.3) is 0 Å². The van der Waals surface area contributed by atoms with Crippen LogP contribution in [0, 0.1) is 5.92 Å². The minimum absolute atomic E-state index is 0.0375. The van der Waals surface area contributed by atoms with Crippen LogP contribution in [0.2, 0.25) is 0 Å². The summed E-state index contributed by atoms with van der Waals surface area (Å²) in [7, 11) is 1.61. The highest BCUT2D eigenvalue weighted by Crippen LogP contribution is 2.21. The summed E-state index contributed by atoms with van der Waals surface area (Å²) >= 11 is 0. The number of methoxy groups -OCH3 is 1. The maximum atomic E-state index is 12.2. The number of ether oxygens (including phenoxy) is 1. The van der Waals surface area contributed by atoms with E-state index in [0.717, 1.165) is 50.3 Å². The van der Waals surface area contributed by atoms with Crippen molar-refractivity contribution in [3.8, 4) is 5.75 Å². The quantitative estimate of drug-likeness (QED) is 0.887. The molecule has 20 heavy (non-hydrogen) atoms. The Balaban J connectivity index is 1.86. The van der Waals surface area contributed by atoms with Crippen LogP contribution in [0.5, 0.6) is 5.75 Å². The molecular weight excluding hydrogens is 254 g/mol. The maximum absolute atomic E-state index is 12.2. The number of rotatable bonds is 4. The number of piperidine rings is 1. The number of carbonyl (C=O) groups excluding carboxylic acids is 1. The number of amides is 2. The van der Waals surface area contributed by atoms with Gasteiger partial charge >= 0.3 is 6.03 Å². The number of anilines is 1. The average molecular weight is 277 g/mol. The second-order valence-electron chi connectivity index (χ2n) is 5.17. The Kier molecular flexibility index (Phi) is 5.24. The molecule has 1 saturated heterocycles. The monoisotopic (exact) mass is 277 g/mol. The van der Waals surface area contributed by atoms with E-state index in [4.69, 9.17) is 10.5 Å². The highest BCUT2D eigenvalue weighted by molar-refractivity contribution is 5.89. The molecule has 1 aromatic carbocycles. The number of carbonyl (C=O) groups is 1. The van der Waals surface area contributed by atoms with Gasteiger partial charge in [-0.15, -0.1) is 0 Å². The zero-order valence-corrected chi connectivity index (χ0v) is 12.0. The summed E-state index contributed by atoms with van der Waals surface area (Å²) in [6, 6.07) is 7.36. The van der Waals surface area contributed by atoms with Crippen LogP contribution in [-0.4, -0.2) is 37.7 Å². The van der Waals surface area contributed by atoms with Gasteiger partial charge in [-0.25, -0.2) is 4.79 Å². The van der Waals surface area contributed by atoms with Crippen LogP contribution in [0.15, 0.2) is 24.3 Å². The lowest BCUT2D eigenvalue weighted by molar-refractivity contribution is 0.180. The summed E-state index contributed by atoms with van der Waals surface area (Å²) in [6.45, 7) is 2.35. The Hall–Kier alpha value is -1.75. The summed E-state index contributed by atoms with van der Waals surface area (Å²) in [4.78, 5) is 14.0. The first-order valence-electron chi connectivity index (χ1n) is 7.13. The summed E-state index contributed by atoms with van der Waals surface area (Å²) in [6.07, 6.45) is 3.15. The van der Waals surface area contributed by atoms with Crippen LogP contribution in [-0.2, 0) is 0 Å². The molecule has 0 radical (unpaired) electrons. The Morgan fingerprint density at radius 3 is 2.85 bits per heavy atom. The van der Waals surface area contributed by atoms with E-state index in [1.165, 1.54) is 0 Å². The van der Waals surface area contributed by atoms with E-state index in [1.807, 2.05) is 29.2 Å². The van der Waals surface area contributed by atoms with Crippen molar-refractivity contribution < 1.29 is 9.53 Å². The van der Waals surface area contributed by atoms with Gasteiger partial charge in [-0.1, -0.05) is 6.07 Å². The van der Waals surface area contributed by atoms with Crippen molar-refractivity contribution in [2.45, 2.75) is 19.3 Å². The van der Waals surface area contributed by atoms with Crippen molar-refractivity contribution >= 4 is 11.7 Å². The normalized spacial score (nSPS) is 16.0. The van der Waals surface area contributed by atoms with Crippen molar-refractivity contribution in [1.82, 2.24) is 4.90 Å². The number of hydrogen-bond acceptors (Lipinski definition) is 3. The fourth-order valence-electron chi connectivity index (χ4n) is 2.56. The molecular formula is C15H23N3O2. The van der Waals surface area contributed by atoms with Gasteiger partial charge in [-0.2, -0.15) is 0 Å². The average Bonchev–Trinajstić information content (AvgIpc) is 2.48. The van der Waals surface area contributed by atoms with E-state index in [0.29, 0.717) is 5.92 Å². The van der Waals surface area contributed by atoms with Gasteiger partial charge in [0.05, 0.1) is 7.11 Å². The molecule has 1 fully saturated rings. The number of nitrogens with zero attached hydrogens (tertiary/aromatic N) is 1. The SMILES string of the molecule is COc1cccc(NC(=O)N2CCC(CCN)CC2)c1. The molecule has 1 heterocycles. The summed E-state index contributed by atoms with van der Waals surface area (Å²) in [5, 5.41) is 2.92. The summed E-state index contributed by atoms with van der Waals surface area (Å²) in [5.41, 5.74) is 6.34. The fraction of sp³-hybridized carbons (Fsp3) is 0.533. The predicted octanol–water partition coefficient (Wildman–Crippen LogP) is 2.29. The molecule has 5 heteroatoms. The number of urea groups is 1. The zero-order chi connectivity index (χ0) is 14.4. The first-order chi connectivity index (χ1) is 9.72. The number of nitrogens with one attached hydrogen (secondary N) is 1. The standard InChI is InChI=1S/C15H23N3O2/c1-20-14-4-2-3-13(11-14)17-15(19)18-9-6-12(5-8-16)7-10-18/h2-4,11-12H,5-10,16H2,1H3,(H,17,19). The van der Waals surface area contributed by atoms with Gasteiger partial charge < -0.3 is 20.7 Å². The molecule has 2 rings (SSSR count). The van der Waals surface area contributed by atoms with Crippen molar-refractivity contribution in [2.24, 2.45) is 11.7 Å². The molecule has 2 amide bonds. The van der Waals surface area contributed by atoms with Gasteiger partial charge in [0.1, 0.15) is 5.75 Å². The number of likely N-dealkylation sites (tertiary alicyclic amines) is 1. The van der Waals surface area contributed by atoms with Gasteiger partial charge in [-0.05, 0) is 43.9 Å². The van der Waals surface area contributed by atoms with E-state index < -0.39 is 0 Å². The van der Waals surface area contributed by atoms with Crippen LogP contribution in [0.1, 0.15) is 19.3 Å². The first-order valence-corrected chi connectivity index (χ1v) is 7.13. The van der Waals surface area contributed by atoms with Crippen LogP contribution < -0.4 is 15.8 Å². The van der Waals surface area contributed by atoms with Crippen LogP contribution in [0.3, 0.4) is 0 Å². The molecule has 0 spiro atoms. The van der Waals surface area contributed by atoms with Gasteiger partial charge in [-0.3, -0.25) is 0 Å². The lowest BCUT2D eigenvalue weighted by atomic mass is 9.94. The molecule has 5 nitrogen and oxygen atoms in total. The zero-order valence-electron chi connectivity index (χ0n) is 12.0. The lowest BCUT2D eigenvalue weighted by Crippen LogP contribution is -2.41. The minimum Gasteiger partial charge on any atom is -0.497 e. The third-order valence-electron chi connectivity index (χ3n) is 3.80. The van der Waals surface area contributed by atoms with E-state index in [-0.39, 0.29) is 6.03 Å². The van der Waals surface area contributed by atoms with E-state index in [9.17, 15) is 4.79 Å². The van der Waals surface area contributed by atoms with Crippen LogP contribution in [0.25, 0.3) is 0 Å². The van der Waals surface area contributed by atoms with E-state index >= 15 is 0 Å². The Morgan fingerprint density at radius 1 is 1.45 bits per heavy atom. The molecule has 0 aliphatic carbocycles. The first kappa shape index (κ1) is 14.7. The largest absolute Gasteiger partial charge is 0.497 e.